The van der Waals surface area contributed by atoms with E-state index in [1.165, 1.54) is 7.11 Å². The molecule has 0 amide bonds. The van der Waals surface area contributed by atoms with Crippen LogP contribution in [-0.4, -0.2) is 41.0 Å². The van der Waals surface area contributed by atoms with E-state index in [4.69, 9.17) is 19.6 Å². The molecule has 0 radical (unpaired) electrons. The van der Waals surface area contributed by atoms with Crippen molar-refractivity contribution >= 4 is 16.9 Å². The van der Waals surface area contributed by atoms with Crippen molar-refractivity contribution in [1.82, 2.24) is 9.55 Å². The Morgan fingerprint density at radius 2 is 1.70 bits per heavy atom. The van der Waals surface area contributed by atoms with Gasteiger partial charge in [-0.05, 0) is 73.5 Å². The Morgan fingerprint density at radius 1 is 1.03 bits per heavy atom. The van der Waals surface area contributed by atoms with E-state index in [-0.39, 0.29) is 18.8 Å². The van der Waals surface area contributed by atoms with Crippen LogP contribution in [0.1, 0.15) is 21.5 Å². The maximum absolute atomic E-state index is 13.6. The van der Waals surface area contributed by atoms with E-state index in [9.17, 15) is 9.59 Å². The first-order valence-corrected chi connectivity index (χ1v) is 10.5. The third-order valence-electron chi connectivity index (χ3n) is 5.38. The molecule has 0 unspecified atom stereocenters. The van der Waals surface area contributed by atoms with Crippen molar-refractivity contribution in [3.05, 3.63) is 87.7 Å². The fraction of sp³-hybridized carbons (Fsp3) is 0.192. The molecule has 3 aromatic carbocycles. The average molecular weight is 444 g/mol. The van der Waals surface area contributed by atoms with Crippen LogP contribution in [-0.2, 0) is 4.74 Å². The van der Waals surface area contributed by atoms with Gasteiger partial charge < -0.3 is 14.6 Å². The van der Waals surface area contributed by atoms with Gasteiger partial charge >= 0.3 is 5.97 Å². The summed E-state index contributed by atoms with van der Waals surface area (Å²) in [6.07, 6.45) is 0. The van der Waals surface area contributed by atoms with Crippen molar-refractivity contribution in [3.63, 3.8) is 0 Å². The Labute approximate surface area is 190 Å². The topological polar surface area (TPSA) is 90.7 Å². The van der Waals surface area contributed by atoms with Crippen molar-refractivity contribution in [2.24, 2.45) is 0 Å². The molecule has 0 saturated heterocycles. The highest BCUT2D eigenvalue weighted by molar-refractivity contribution is 5.89. The second-order valence-corrected chi connectivity index (χ2v) is 7.64. The summed E-state index contributed by atoms with van der Waals surface area (Å²) in [5.74, 6) is 0.727. The van der Waals surface area contributed by atoms with Crippen LogP contribution in [0, 0.1) is 13.8 Å². The van der Waals surface area contributed by atoms with Gasteiger partial charge in [0.1, 0.15) is 18.2 Å². The number of aliphatic hydroxyl groups is 1. The summed E-state index contributed by atoms with van der Waals surface area (Å²) in [6, 6.07) is 17.7. The zero-order valence-electron chi connectivity index (χ0n) is 18.7. The molecule has 7 heteroatoms. The molecule has 1 heterocycles. The van der Waals surface area contributed by atoms with Gasteiger partial charge in [0.05, 0.1) is 35.9 Å². The van der Waals surface area contributed by atoms with Crippen molar-refractivity contribution < 1.29 is 19.4 Å². The number of hydrogen-bond donors (Lipinski definition) is 1. The van der Waals surface area contributed by atoms with E-state index < -0.39 is 5.97 Å². The molecular weight excluding hydrogens is 420 g/mol. The summed E-state index contributed by atoms with van der Waals surface area (Å²) in [5.41, 5.74) is 3.84. The second kappa shape index (κ2) is 9.26. The van der Waals surface area contributed by atoms with Crippen LogP contribution in [0.5, 0.6) is 5.75 Å². The summed E-state index contributed by atoms with van der Waals surface area (Å²) in [4.78, 5) is 30.2. The van der Waals surface area contributed by atoms with Crippen LogP contribution >= 0.6 is 0 Å². The van der Waals surface area contributed by atoms with E-state index in [2.05, 4.69) is 0 Å². The molecule has 1 aromatic heterocycles. The van der Waals surface area contributed by atoms with E-state index in [0.29, 0.717) is 33.7 Å². The fourth-order valence-electron chi connectivity index (χ4n) is 3.89. The lowest BCUT2D eigenvalue weighted by Gasteiger charge is -2.17. The van der Waals surface area contributed by atoms with E-state index in [0.717, 1.165) is 16.7 Å². The number of nitrogens with zero attached hydrogens (tertiary/aromatic N) is 2. The minimum absolute atomic E-state index is 0.0754. The number of fused-ring (bicyclic) bond motifs is 1. The Balaban J connectivity index is 1.95. The molecule has 0 atom stereocenters. The predicted molar refractivity (Wildman–Crippen MR) is 126 cm³/mol. The molecule has 7 nitrogen and oxygen atoms in total. The molecule has 0 aliphatic rings. The summed E-state index contributed by atoms with van der Waals surface area (Å²) in [5, 5.41) is 9.60. The number of ether oxygens (including phenoxy) is 2. The Kier molecular flexibility index (Phi) is 6.24. The lowest BCUT2D eigenvalue weighted by molar-refractivity contribution is 0.0600. The van der Waals surface area contributed by atoms with Gasteiger partial charge in [0.15, 0.2) is 0 Å². The number of aromatic nitrogens is 2. The zero-order chi connectivity index (χ0) is 23.5. The third-order valence-corrected chi connectivity index (χ3v) is 5.38. The number of rotatable bonds is 6. The highest BCUT2D eigenvalue weighted by Gasteiger charge is 2.17. The van der Waals surface area contributed by atoms with Crippen molar-refractivity contribution in [2.45, 2.75) is 13.8 Å². The van der Waals surface area contributed by atoms with Gasteiger partial charge in [0, 0.05) is 5.56 Å². The number of hydrogen-bond acceptors (Lipinski definition) is 6. The van der Waals surface area contributed by atoms with Crippen LogP contribution in [0.25, 0.3) is 28.0 Å². The van der Waals surface area contributed by atoms with Gasteiger partial charge in [-0.1, -0.05) is 12.1 Å². The molecule has 4 rings (SSSR count). The third kappa shape index (κ3) is 4.23. The molecule has 168 valence electrons. The van der Waals surface area contributed by atoms with Crippen LogP contribution in [0.3, 0.4) is 0 Å². The molecular formula is C26H24N2O5. The molecule has 0 fully saturated rings. The molecule has 4 aromatic rings. The van der Waals surface area contributed by atoms with Gasteiger partial charge in [-0.3, -0.25) is 9.36 Å². The number of carbonyl (C=O) groups is 1. The zero-order valence-corrected chi connectivity index (χ0v) is 18.7. The largest absolute Gasteiger partial charge is 0.491 e. The highest BCUT2D eigenvalue weighted by atomic mass is 16.5. The number of aryl methyl sites for hydroxylation is 2. The SMILES string of the molecule is COC(=O)c1ccc(-n2c(-c3cc(C)c(OCCO)c(C)c3)nc3ccccc3c2=O)cc1. The Morgan fingerprint density at radius 3 is 2.33 bits per heavy atom. The van der Waals surface area contributed by atoms with Gasteiger partial charge in [0.25, 0.3) is 5.56 Å². The van der Waals surface area contributed by atoms with Gasteiger partial charge in [-0.25, -0.2) is 9.78 Å². The fourth-order valence-corrected chi connectivity index (χ4v) is 3.89. The molecule has 0 aliphatic carbocycles. The van der Waals surface area contributed by atoms with Gasteiger partial charge in [0.2, 0.25) is 0 Å². The van der Waals surface area contributed by atoms with Crippen LogP contribution < -0.4 is 10.3 Å². The molecule has 0 spiro atoms. The first-order valence-electron chi connectivity index (χ1n) is 10.5. The molecule has 0 aliphatic heterocycles. The second-order valence-electron chi connectivity index (χ2n) is 7.64. The van der Waals surface area contributed by atoms with Crippen molar-refractivity contribution in [3.8, 4) is 22.8 Å². The van der Waals surface area contributed by atoms with Gasteiger partial charge in [-0.15, -0.1) is 0 Å². The van der Waals surface area contributed by atoms with Crippen LogP contribution in [0.15, 0.2) is 65.5 Å². The van der Waals surface area contributed by atoms with Crippen LogP contribution in [0.4, 0.5) is 0 Å². The number of para-hydroxylation sites is 1. The number of aliphatic hydroxyl groups excluding tert-OH is 1. The Bertz CT molecular complexity index is 1370. The number of esters is 1. The smallest absolute Gasteiger partial charge is 0.337 e. The first kappa shape index (κ1) is 22.2. The highest BCUT2D eigenvalue weighted by Crippen LogP contribution is 2.31. The monoisotopic (exact) mass is 444 g/mol. The standard InChI is InChI=1S/C26H24N2O5/c1-16-14-19(15-17(2)23(16)33-13-12-29)24-27-22-7-5-4-6-21(22)25(30)28(24)20-10-8-18(9-11-20)26(31)32-3/h4-11,14-15,29H,12-13H2,1-3H3. The summed E-state index contributed by atoms with van der Waals surface area (Å²) in [7, 11) is 1.32. The quantitative estimate of drug-likeness (QED) is 0.455. The first-order chi connectivity index (χ1) is 15.9. The normalized spacial score (nSPS) is 10.9. The molecule has 1 N–H and O–H groups in total. The van der Waals surface area contributed by atoms with Crippen LogP contribution in [0.2, 0.25) is 0 Å². The lowest BCUT2D eigenvalue weighted by Crippen LogP contribution is -2.22. The molecule has 0 saturated carbocycles. The maximum atomic E-state index is 13.6. The maximum Gasteiger partial charge on any atom is 0.337 e. The van der Waals surface area contributed by atoms with Gasteiger partial charge in [-0.2, -0.15) is 0 Å². The van der Waals surface area contributed by atoms with E-state index >= 15 is 0 Å². The Hall–Kier alpha value is -3.97. The number of carbonyl (C=O) groups excluding carboxylic acids is 1. The lowest BCUT2D eigenvalue weighted by atomic mass is 10.0. The van der Waals surface area contributed by atoms with E-state index in [1.54, 1.807) is 41.0 Å². The minimum atomic E-state index is -0.449. The van der Waals surface area contributed by atoms with E-state index in [1.807, 2.05) is 38.1 Å². The van der Waals surface area contributed by atoms with Crippen molar-refractivity contribution in [1.29, 1.82) is 0 Å². The predicted octanol–water partition coefficient (Wildman–Crippen LogP) is 3.83. The summed E-state index contributed by atoms with van der Waals surface area (Å²) < 4.78 is 12.0. The molecule has 33 heavy (non-hydrogen) atoms. The minimum Gasteiger partial charge on any atom is -0.491 e. The number of methoxy groups -OCH3 is 1. The average Bonchev–Trinajstić information content (AvgIpc) is 2.83. The van der Waals surface area contributed by atoms with Crippen molar-refractivity contribution in [2.75, 3.05) is 20.3 Å². The summed E-state index contributed by atoms with van der Waals surface area (Å²) >= 11 is 0. The molecule has 0 bridgehead atoms. The number of benzene rings is 3. The summed E-state index contributed by atoms with van der Waals surface area (Å²) in [6.45, 7) is 3.95.